The summed E-state index contributed by atoms with van der Waals surface area (Å²) in [6.07, 6.45) is 0.268. The number of nitrogens with zero attached hydrogens (tertiary/aromatic N) is 1. The van der Waals surface area contributed by atoms with Crippen LogP contribution in [0.1, 0.15) is 42.1 Å². The fourth-order valence-corrected chi connectivity index (χ4v) is 3.67. The standard InChI is InChI=1S/C28H29N5O7/c1-17-4-2-3-5-21(17)33-28(40)31-19-8-6-18(7-9-19)14-25(35)30-20-10-11-22(29-16-20)23(15-27(38)39)32-24(34)12-13-26(36)37/h2-11,16,23H,12-15H2,1H3,(H,30,35)(H,32,34)(H,36,37)(H,38,39)(H2,31,33,40). The van der Waals surface area contributed by atoms with Crippen molar-refractivity contribution in [3.63, 3.8) is 0 Å². The Hall–Kier alpha value is -5.26. The van der Waals surface area contributed by atoms with E-state index < -0.39 is 30.3 Å². The average Bonchev–Trinajstić information content (AvgIpc) is 2.90. The zero-order valence-electron chi connectivity index (χ0n) is 21.6. The number of carboxylic acid groups (broad SMARTS) is 2. The smallest absolute Gasteiger partial charge is 0.323 e. The first-order valence-electron chi connectivity index (χ1n) is 12.3. The number of carboxylic acids is 2. The third-order valence-corrected chi connectivity index (χ3v) is 5.68. The normalized spacial score (nSPS) is 11.1. The Bertz CT molecular complexity index is 1370. The largest absolute Gasteiger partial charge is 0.481 e. The molecule has 1 heterocycles. The van der Waals surface area contributed by atoms with Crippen LogP contribution in [-0.4, -0.2) is 45.0 Å². The van der Waals surface area contributed by atoms with Gasteiger partial charge in [0.2, 0.25) is 11.8 Å². The Morgan fingerprint density at radius 1 is 0.775 bits per heavy atom. The first-order chi connectivity index (χ1) is 19.1. The first kappa shape index (κ1) is 29.3. The van der Waals surface area contributed by atoms with E-state index in [0.717, 1.165) is 5.56 Å². The van der Waals surface area contributed by atoms with Gasteiger partial charge < -0.3 is 31.5 Å². The topological polar surface area (TPSA) is 187 Å². The lowest BCUT2D eigenvalue weighted by Gasteiger charge is -2.17. The lowest BCUT2D eigenvalue weighted by atomic mass is 10.1. The van der Waals surface area contributed by atoms with Crippen molar-refractivity contribution in [3.05, 3.63) is 83.7 Å². The number of hydrogen-bond acceptors (Lipinski definition) is 6. The molecule has 6 N–H and O–H groups in total. The highest BCUT2D eigenvalue weighted by Crippen LogP contribution is 2.18. The summed E-state index contributed by atoms with van der Waals surface area (Å²) in [7, 11) is 0. The number of pyridine rings is 1. The van der Waals surface area contributed by atoms with Crippen LogP contribution in [0.25, 0.3) is 0 Å². The van der Waals surface area contributed by atoms with Crippen LogP contribution in [0.2, 0.25) is 0 Å². The molecule has 0 saturated carbocycles. The van der Waals surface area contributed by atoms with E-state index in [0.29, 0.717) is 22.6 Å². The predicted octanol–water partition coefficient (Wildman–Crippen LogP) is 3.71. The van der Waals surface area contributed by atoms with Crippen molar-refractivity contribution in [3.8, 4) is 0 Å². The van der Waals surface area contributed by atoms with Crippen LogP contribution in [0.4, 0.5) is 21.9 Å². The molecule has 4 amide bonds. The van der Waals surface area contributed by atoms with Gasteiger partial charge in [-0.05, 0) is 48.4 Å². The van der Waals surface area contributed by atoms with E-state index in [1.807, 2.05) is 25.1 Å². The van der Waals surface area contributed by atoms with Crippen molar-refractivity contribution in [1.82, 2.24) is 10.3 Å². The van der Waals surface area contributed by atoms with E-state index in [2.05, 4.69) is 26.3 Å². The molecule has 0 spiro atoms. The number of anilines is 3. The van der Waals surface area contributed by atoms with E-state index in [1.54, 1.807) is 30.3 Å². The molecule has 208 valence electrons. The first-order valence-corrected chi connectivity index (χ1v) is 12.3. The van der Waals surface area contributed by atoms with Gasteiger partial charge >= 0.3 is 18.0 Å². The van der Waals surface area contributed by atoms with E-state index in [4.69, 9.17) is 10.2 Å². The minimum Gasteiger partial charge on any atom is -0.481 e. The molecule has 0 fully saturated rings. The van der Waals surface area contributed by atoms with Gasteiger partial charge in [0.15, 0.2) is 0 Å². The number of carbonyl (C=O) groups is 5. The van der Waals surface area contributed by atoms with Crippen LogP contribution in [-0.2, 0) is 25.6 Å². The highest BCUT2D eigenvalue weighted by Gasteiger charge is 2.20. The maximum Gasteiger partial charge on any atom is 0.323 e. The van der Waals surface area contributed by atoms with Gasteiger partial charge in [-0.3, -0.25) is 24.2 Å². The highest BCUT2D eigenvalue weighted by atomic mass is 16.4. The molecule has 1 unspecified atom stereocenters. The maximum absolute atomic E-state index is 12.5. The maximum atomic E-state index is 12.5. The van der Waals surface area contributed by atoms with Crippen molar-refractivity contribution >= 4 is 46.8 Å². The van der Waals surface area contributed by atoms with Crippen molar-refractivity contribution < 1.29 is 34.2 Å². The second kappa shape index (κ2) is 14.0. The number of urea groups is 1. The van der Waals surface area contributed by atoms with E-state index in [9.17, 15) is 24.0 Å². The van der Waals surface area contributed by atoms with Gasteiger partial charge in [-0.2, -0.15) is 0 Å². The number of benzene rings is 2. The summed E-state index contributed by atoms with van der Waals surface area (Å²) >= 11 is 0. The zero-order chi connectivity index (χ0) is 29.1. The number of aryl methyl sites for hydroxylation is 1. The Labute approximate surface area is 229 Å². The van der Waals surface area contributed by atoms with Crippen LogP contribution in [0.15, 0.2) is 66.9 Å². The van der Waals surface area contributed by atoms with Crippen LogP contribution in [0.5, 0.6) is 0 Å². The van der Waals surface area contributed by atoms with Crippen molar-refractivity contribution in [1.29, 1.82) is 0 Å². The van der Waals surface area contributed by atoms with Gasteiger partial charge in [0, 0.05) is 17.8 Å². The molecule has 1 atom stereocenters. The monoisotopic (exact) mass is 547 g/mol. The fraction of sp³-hybridized carbons (Fsp3) is 0.214. The summed E-state index contributed by atoms with van der Waals surface area (Å²) in [5.41, 5.74) is 3.51. The summed E-state index contributed by atoms with van der Waals surface area (Å²) in [6, 6.07) is 15.9. The molecule has 2 aromatic carbocycles. The second-order valence-electron chi connectivity index (χ2n) is 8.90. The van der Waals surface area contributed by atoms with Crippen molar-refractivity contribution in [2.75, 3.05) is 16.0 Å². The Morgan fingerprint density at radius 2 is 1.48 bits per heavy atom. The number of rotatable bonds is 12. The van der Waals surface area contributed by atoms with Crippen LogP contribution < -0.4 is 21.3 Å². The Balaban J connectivity index is 1.52. The lowest BCUT2D eigenvalue weighted by molar-refractivity contribution is -0.140. The van der Waals surface area contributed by atoms with Gasteiger partial charge in [0.25, 0.3) is 0 Å². The number of hydrogen-bond donors (Lipinski definition) is 6. The van der Waals surface area contributed by atoms with Gasteiger partial charge in [-0.25, -0.2) is 4.79 Å². The molecule has 40 heavy (non-hydrogen) atoms. The minimum absolute atomic E-state index is 0.0543. The molecule has 1 aromatic heterocycles. The average molecular weight is 548 g/mol. The third-order valence-electron chi connectivity index (χ3n) is 5.68. The Kier molecular flexibility index (Phi) is 10.3. The Morgan fingerprint density at radius 3 is 2.10 bits per heavy atom. The van der Waals surface area contributed by atoms with Crippen LogP contribution in [0.3, 0.4) is 0 Å². The number of aliphatic carboxylic acids is 2. The summed E-state index contributed by atoms with van der Waals surface area (Å²) < 4.78 is 0. The number of amides is 4. The molecule has 0 bridgehead atoms. The van der Waals surface area contributed by atoms with E-state index >= 15 is 0 Å². The summed E-state index contributed by atoms with van der Waals surface area (Å²) in [4.78, 5) is 62.8. The number of carbonyl (C=O) groups excluding carboxylic acids is 3. The quantitative estimate of drug-likeness (QED) is 0.198. The van der Waals surface area contributed by atoms with Gasteiger partial charge in [-0.15, -0.1) is 0 Å². The SMILES string of the molecule is Cc1ccccc1NC(=O)Nc1ccc(CC(=O)Nc2ccc(C(CC(=O)O)NC(=O)CCC(=O)O)nc2)cc1. The summed E-state index contributed by atoms with van der Waals surface area (Å²) in [5.74, 6) is -3.24. The van der Waals surface area contributed by atoms with Gasteiger partial charge in [-0.1, -0.05) is 30.3 Å². The molecular weight excluding hydrogens is 518 g/mol. The molecule has 3 rings (SSSR count). The molecule has 0 radical (unpaired) electrons. The van der Waals surface area contributed by atoms with E-state index in [1.165, 1.54) is 18.3 Å². The van der Waals surface area contributed by atoms with Crippen molar-refractivity contribution in [2.24, 2.45) is 0 Å². The third kappa shape index (κ3) is 9.56. The van der Waals surface area contributed by atoms with Crippen molar-refractivity contribution in [2.45, 2.75) is 38.6 Å². The number of para-hydroxylation sites is 1. The minimum atomic E-state index is -1.17. The zero-order valence-corrected chi connectivity index (χ0v) is 21.6. The molecule has 0 aliphatic heterocycles. The predicted molar refractivity (Wildman–Crippen MR) is 147 cm³/mol. The molecule has 12 heteroatoms. The number of aromatic nitrogens is 1. The van der Waals surface area contributed by atoms with E-state index in [-0.39, 0.29) is 36.9 Å². The molecule has 0 aliphatic rings. The number of nitrogens with one attached hydrogen (secondary N) is 4. The van der Waals surface area contributed by atoms with Gasteiger partial charge in [0.05, 0.1) is 42.9 Å². The van der Waals surface area contributed by atoms with Crippen LogP contribution in [0, 0.1) is 6.92 Å². The second-order valence-corrected chi connectivity index (χ2v) is 8.90. The molecule has 0 saturated heterocycles. The van der Waals surface area contributed by atoms with Gasteiger partial charge in [0.1, 0.15) is 0 Å². The molecule has 0 aliphatic carbocycles. The molecule has 12 nitrogen and oxygen atoms in total. The summed E-state index contributed by atoms with van der Waals surface area (Å²) in [6.45, 7) is 1.89. The molecule has 3 aromatic rings. The lowest BCUT2D eigenvalue weighted by Crippen LogP contribution is -2.31. The van der Waals surface area contributed by atoms with Crippen LogP contribution >= 0.6 is 0 Å². The fourth-order valence-electron chi connectivity index (χ4n) is 3.67. The summed E-state index contributed by atoms with van der Waals surface area (Å²) in [5, 5.41) is 28.6. The molecular formula is C28H29N5O7. The highest BCUT2D eigenvalue weighted by molar-refractivity contribution is 6.00.